The Bertz CT molecular complexity index is 764. The average molecular weight is 369 g/mol. The second-order valence-electron chi connectivity index (χ2n) is 7.11. The third-order valence-electron chi connectivity index (χ3n) is 5.22. The number of fused-ring (bicyclic) bond motifs is 1. The van der Waals surface area contributed by atoms with Crippen molar-refractivity contribution in [1.82, 2.24) is 15.1 Å². The fraction of sp³-hybridized carbons (Fsp3) is 0.476. The third-order valence-corrected chi connectivity index (χ3v) is 5.22. The van der Waals surface area contributed by atoms with Crippen molar-refractivity contribution in [2.24, 2.45) is 0 Å². The molecule has 0 radical (unpaired) electrons. The van der Waals surface area contributed by atoms with Gasteiger partial charge in [0.25, 0.3) is 5.91 Å². The number of hydrogen-bond acceptors (Lipinski definition) is 3. The molecule has 0 spiro atoms. The molecule has 3 rings (SSSR count). The van der Waals surface area contributed by atoms with Gasteiger partial charge in [-0.2, -0.15) is 0 Å². The lowest BCUT2D eigenvalue weighted by Crippen LogP contribution is -2.55. The molecule has 1 N–H and O–H groups in total. The predicted molar refractivity (Wildman–Crippen MR) is 104 cm³/mol. The van der Waals surface area contributed by atoms with Crippen molar-refractivity contribution in [3.63, 3.8) is 0 Å². The summed E-state index contributed by atoms with van der Waals surface area (Å²) in [5.74, 6) is -0.205. The lowest BCUT2D eigenvalue weighted by Gasteiger charge is -2.36. The van der Waals surface area contributed by atoms with Crippen LogP contribution >= 0.6 is 0 Å². The Labute approximate surface area is 160 Å². The molecule has 144 valence electrons. The highest BCUT2D eigenvalue weighted by Crippen LogP contribution is 2.21. The van der Waals surface area contributed by atoms with Crippen LogP contribution < -0.4 is 5.32 Å². The van der Waals surface area contributed by atoms with E-state index in [4.69, 9.17) is 0 Å². The molecule has 0 saturated carbocycles. The van der Waals surface area contributed by atoms with Gasteiger partial charge in [0, 0.05) is 38.2 Å². The third kappa shape index (κ3) is 4.38. The Morgan fingerprint density at radius 3 is 2.52 bits per heavy atom. The Balaban J connectivity index is 1.57. The normalized spacial score (nSPS) is 17.3. The monoisotopic (exact) mass is 369 g/mol. The molecule has 1 aliphatic heterocycles. The maximum Gasteiger partial charge on any atom is 0.253 e. The summed E-state index contributed by atoms with van der Waals surface area (Å²) < 4.78 is 0. The van der Waals surface area contributed by atoms with E-state index in [0.29, 0.717) is 38.2 Å². The number of nitrogens with zero attached hydrogens (tertiary/aromatic N) is 2. The quantitative estimate of drug-likeness (QED) is 0.881. The van der Waals surface area contributed by atoms with E-state index in [-0.39, 0.29) is 17.7 Å². The van der Waals surface area contributed by atoms with Crippen molar-refractivity contribution in [3.05, 3.63) is 41.0 Å². The summed E-state index contributed by atoms with van der Waals surface area (Å²) in [7, 11) is 0. The van der Waals surface area contributed by atoms with Gasteiger partial charge in [0.15, 0.2) is 0 Å². The number of hydrogen-bond donors (Lipinski definition) is 1. The topological polar surface area (TPSA) is 69.7 Å². The van der Waals surface area contributed by atoms with E-state index in [9.17, 15) is 14.4 Å². The van der Waals surface area contributed by atoms with Crippen molar-refractivity contribution in [2.45, 2.75) is 39.2 Å². The fourth-order valence-corrected chi connectivity index (χ4v) is 3.56. The number of carbonyl (C=O) groups excluding carboxylic acids is 3. The van der Waals surface area contributed by atoms with Gasteiger partial charge in [-0.15, -0.1) is 0 Å². The maximum atomic E-state index is 12.8. The molecule has 0 aromatic heterocycles. The van der Waals surface area contributed by atoms with E-state index in [1.165, 1.54) is 11.1 Å². The number of aryl methyl sites for hydroxylation is 1. The molecule has 3 amide bonds. The number of benzene rings is 1. The van der Waals surface area contributed by atoms with Gasteiger partial charge in [0.05, 0.1) is 0 Å². The van der Waals surface area contributed by atoms with Gasteiger partial charge in [-0.3, -0.25) is 14.4 Å². The van der Waals surface area contributed by atoms with Crippen LogP contribution in [0.5, 0.6) is 0 Å². The maximum absolute atomic E-state index is 12.8. The molecule has 1 aliphatic carbocycles. The molecule has 1 fully saturated rings. The lowest BCUT2D eigenvalue weighted by molar-refractivity contribution is -0.137. The van der Waals surface area contributed by atoms with Crippen molar-refractivity contribution < 1.29 is 14.4 Å². The van der Waals surface area contributed by atoms with Crippen LogP contribution in [0.1, 0.15) is 48.2 Å². The van der Waals surface area contributed by atoms with Gasteiger partial charge < -0.3 is 15.1 Å². The van der Waals surface area contributed by atoms with Crippen molar-refractivity contribution in [2.75, 3.05) is 26.2 Å². The molecule has 1 heterocycles. The van der Waals surface area contributed by atoms with E-state index in [1.54, 1.807) is 23.6 Å². The van der Waals surface area contributed by atoms with Crippen LogP contribution in [-0.2, 0) is 16.0 Å². The summed E-state index contributed by atoms with van der Waals surface area (Å²) in [4.78, 5) is 40.3. The summed E-state index contributed by atoms with van der Waals surface area (Å²) in [5.41, 5.74) is 3.13. The summed E-state index contributed by atoms with van der Waals surface area (Å²) in [6.45, 7) is 5.46. The molecule has 1 aromatic rings. The minimum atomic E-state index is -0.534. The average Bonchev–Trinajstić information content (AvgIpc) is 2.72. The molecular weight excluding hydrogens is 342 g/mol. The first kappa shape index (κ1) is 19.1. The van der Waals surface area contributed by atoms with E-state index in [2.05, 4.69) is 17.5 Å². The lowest BCUT2D eigenvalue weighted by atomic mass is 9.95. The Morgan fingerprint density at radius 1 is 1.11 bits per heavy atom. The number of carbonyl (C=O) groups is 3. The minimum Gasteiger partial charge on any atom is -0.345 e. The first-order valence-corrected chi connectivity index (χ1v) is 9.66. The SMILES string of the molecule is CCC(=O)NC(C)C(=O)N1CCN(C(=O)c2ccc3c(c2)CCC=C3)CC1. The molecule has 1 unspecified atom stereocenters. The van der Waals surface area contributed by atoms with E-state index in [1.807, 2.05) is 18.2 Å². The number of amides is 3. The molecule has 27 heavy (non-hydrogen) atoms. The molecule has 1 aromatic carbocycles. The molecule has 6 heteroatoms. The second kappa shape index (κ2) is 8.37. The first-order chi connectivity index (χ1) is 13.0. The highest BCUT2D eigenvalue weighted by atomic mass is 16.2. The van der Waals surface area contributed by atoms with Crippen molar-refractivity contribution in [1.29, 1.82) is 0 Å². The number of nitrogens with one attached hydrogen (secondary N) is 1. The van der Waals surface area contributed by atoms with Crippen molar-refractivity contribution in [3.8, 4) is 0 Å². The highest BCUT2D eigenvalue weighted by Gasteiger charge is 2.28. The van der Waals surface area contributed by atoms with Gasteiger partial charge >= 0.3 is 0 Å². The molecule has 2 aliphatic rings. The van der Waals surface area contributed by atoms with Gasteiger partial charge in [-0.1, -0.05) is 25.1 Å². The Morgan fingerprint density at radius 2 is 1.81 bits per heavy atom. The van der Waals surface area contributed by atoms with Crippen LogP contribution in [0.25, 0.3) is 6.08 Å². The predicted octanol–water partition coefficient (Wildman–Crippen LogP) is 1.85. The van der Waals surface area contributed by atoms with Gasteiger partial charge in [-0.25, -0.2) is 0 Å². The van der Waals surface area contributed by atoms with E-state index < -0.39 is 6.04 Å². The van der Waals surface area contributed by atoms with Gasteiger partial charge in [0.1, 0.15) is 6.04 Å². The largest absolute Gasteiger partial charge is 0.345 e. The van der Waals surface area contributed by atoms with Gasteiger partial charge in [0.2, 0.25) is 11.8 Å². The zero-order valence-corrected chi connectivity index (χ0v) is 16.0. The van der Waals surface area contributed by atoms with Crippen LogP contribution in [0.3, 0.4) is 0 Å². The summed E-state index contributed by atoms with van der Waals surface area (Å²) in [6, 6.07) is 5.36. The number of piperazine rings is 1. The van der Waals surface area contributed by atoms with Crippen molar-refractivity contribution >= 4 is 23.8 Å². The highest BCUT2D eigenvalue weighted by molar-refractivity contribution is 5.95. The minimum absolute atomic E-state index is 0.0202. The van der Waals surface area contributed by atoms with E-state index in [0.717, 1.165) is 12.8 Å². The Hall–Kier alpha value is -2.63. The number of allylic oxidation sites excluding steroid dienone is 1. The summed E-state index contributed by atoms with van der Waals surface area (Å²) in [6.07, 6.45) is 6.60. The standard InChI is InChI=1S/C21H27N3O3/c1-3-19(25)22-15(2)20(26)23-10-12-24(13-11-23)21(27)18-9-8-16-6-4-5-7-17(16)14-18/h4,6,8-9,14-15H,3,5,7,10-13H2,1-2H3,(H,22,25). The van der Waals surface area contributed by atoms with Crippen LogP contribution in [-0.4, -0.2) is 59.7 Å². The molecule has 1 saturated heterocycles. The molecular formula is C21H27N3O3. The number of rotatable bonds is 4. The Kier molecular flexibility index (Phi) is 5.94. The molecule has 0 bridgehead atoms. The first-order valence-electron chi connectivity index (χ1n) is 9.66. The van der Waals surface area contributed by atoms with Gasteiger partial charge in [-0.05, 0) is 43.0 Å². The summed E-state index contributed by atoms with van der Waals surface area (Å²) >= 11 is 0. The fourth-order valence-electron chi connectivity index (χ4n) is 3.56. The second-order valence-corrected chi connectivity index (χ2v) is 7.11. The van der Waals surface area contributed by atoms with Crippen LogP contribution in [0, 0.1) is 0 Å². The zero-order valence-electron chi connectivity index (χ0n) is 16.0. The van der Waals surface area contributed by atoms with E-state index >= 15 is 0 Å². The zero-order chi connectivity index (χ0) is 19.4. The molecule has 1 atom stereocenters. The molecule has 6 nitrogen and oxygen atoms in total. The van der Waals surface area contributed by atoms with Crippen LogP contribution in [0.4, 0.5) is 0 Å². The van der Waals surface area contributed by atoms with Crippen LogP contribution in [0.2, 0.25) is 0 Å². The van der Waals surface area contributed by atoms with Crippen LogP contribution in [0.15, 0.2) is 24.3 Å². The summed E-state index contributed by atoms with van der Waals surface area (Å²) in [5, 5.41) is 2.70. The smallest absolute Gasteiger partial charge is 0.253 e.